The number of H-pyrrole nitrogens is 2. The summed E-state index contributed by atoms with van der Waals surface area (Å²) in [6.45, 7) is 1.38. The standard InChI is InChI=1S/C20H15N3O6S/c1-10(24)11-2-5-13(6-3-11)30(28,29)23-12-4-7-16-14(8-12)17-15(20(26)27)9-21-18(17)19(25)22-16/h2-9,21,23H,1H3,(H,22,25)(H,26,27). The number of Topliss-reactive ketones (excluding diaryl/α,β-unsaturated/α-hetero) is 1. The fourth-order valence-corrected chi connectivity index (χ4v) is 4.29. The van der Waals surface area contributed by atoms with E-state index in [-0.39, 0.29) is 32.8 Å². The van der Waals surface area contributed by atoms with Gasteiger partial charge in [-0.15, -0.1) is 0 Å². The van der Waals surface area contributed by atoms with Gasteiger partial charge in [0.2, 0.25) is 0 Å². The molecule has 0 aliphatic carbocycles. The zero-order valence-electron chi connectivity index (χ0n) is 15.5. The number of sulfonamides is 1. The third-order valence-electron chi connectivity index (χ3n) is 4.70. The molecular weight excluding hydrogens is 410 g/mol. The summed E-state index contributed by atoms with van der Waals surface area (Å²) >= 11 is 0. The van der Waals surface area contributed by atoms with E-state index in [1.54, 1.807) is 0 Å². The largest absolute Gasteiger partial charge is 0.478 e. The highest BCUT2D eigenvalue weighted by Crippen LogP contribution is 2.28. The fraction of sp³-hybridized carbons (Fsp3) is 0.0500. The zero-order chi connectivity index (χ0) is 21.6. The summed E-state index contributed by atoms with van der Waals surface area (Å²) < 4.78 is 27.8. The second kappa shape index (κ2) is 6.85. The summed E-state index contributed by atoms with van der Waals surface area (Å²) in [4.78, 5) is 40.3. The molecule has 0 aliphatic heterocycles. The van der Waals surface area contributed by atoms with Gasteiger partial charge in [0.1, 0.15) is 5.52 Å². The van der Waals surface area contributed by atoms with Gasteiger partial charge in [-0.1, -0.05) is 12.1 Å². The van der Waals surface area contributed by atoms with E-state index in [4.69, 9.17) is 0 Å². The third-order valence-corrected chi connectivity index (χ3v) is 6.10. The maximum Gasteiger partial charge on any atom is 0.337 e. The first-order chi connectivity index (χ1) is 14.2. The molecule has 0 spiro atoms. The number of aromatic amines is 2. The minimum atomic E-state index is -3.96. The van der Waals surface area contributed by atoms with Crippen LogP contribution in [-0.4, -0.2) is 35.2 Å². The van der Waals surface area contributed by atoms with Crippen LogP contribution in [0.4, 0.5) is 5.69 Å². The van der Waals surface area contributed by atoms with Crippen LogP contribution in [0.2, 0.25) is 0 Å². The fourth-order valence-electron chi connectivity index (χ4n) is 3.24. The van der Waals surface area contributed by atoms with Gasteiger partial charge < -0.3 is 15.1 Å². The zero-order valence-corrected chi connectivity index (χ0v) is 16.3. The SMILES string of the molecule is CC(=O)c1ccc(S(=O)(=O)Nc2ccc3[nH]c(=O)c4[nH]cc(C(=O)O)c4c3c2)cc1. The lowest BCUT2D eigenvalue weighted by Crippen LogP contribution is -2.13. The molecule has 0 unspecified atom stereocenters. The molecule has 9 nitrogen and oxygen atoms in total. The number of hydrogen-bond donors (Lipinski definition) is 4. The van der Waals surface area contributed by atoms with Gasteiger partial charge in [-0.05, 0) is 37.3 Å². The van der Waals surface area contributed by atoms with E-state index >= 15 is 0 Å². The number of rotatable bonds is 5. The van der Waals surface area contributed by atoms with Crippen molar-refractivity contribution in [1.82, 2.24) is 9.97 Å². The Balaban J connectivity index is 1.81. The number of carboxylic acids is 1. The van der Waals surface area contributed by atoms with Gasteiger partial charge in [0, 0.05) is 33.7 Å². The molecule has 0 saturated carbocycles. The van der Waals surface area contributed by atoms with E-state index in [0.717, 1.165) is 0 Å². The number of fused-ring (bicyclic) bond motifs is 3. The third kappa shape index (κ3) is 3.22. The summed E-state index contributed by atoms with van der Waals surface area (Å²) in [7, 11) is -3.96. The summed E-state index contributed by atoms with van der Waals surface area (Å²) in [5.74, 6) is -1.40. The Morgan fingerprint density at radius 2 is 1.77 bits per heavy atom. The Hall–Kier alpha value is -3.92. The van der Waals surface area contributed by atoms with Crippen LogP contribution in [0.25, 0.3) is 21.8 Å². The number of carboxylic acid groups (broad SMARTS) is 1. The molecule has 4 rings (SSSR count). The van der Waals surface area contributed by atoms with Crippen molar-refractivity contribution in [1.29, 1.82) is 0 Å². The van der Waals surface area contributed by atoms with Crippen LogP contribution in [0.3, 0.4) is 0 Å². The molecule has 2 aromatic heterocycles. The Labute approximate surface area is 169 Å². The number of pyridine rings is 1. The molecule has 4 N–H and O–H groups in total. The van der Waals surface area contributed by atoms with Crippen LogP contribution in [0.15, 0.2) is 58.4 Å². The summed E-state index contributed by atoms with van der Waals surface area (Å²) in [5, 5.41) is 9.98. The minimum absolute atomic E-state index is 0.0351. The van der Waals surface area contributed by atoms with Crippen LogP contribution in [0, 0.1) is 0 Å². The van der Waals surface area contributed by atoms with Crippen molar-refractivity contribution in [2.24, 2.45) is 0 Å². The van der Waals surface area contributed by atoms with Gasteiger partial charge in [0.05, 0.1) is 10.5 Å². The van der Waals surface area contributed by atoms with Crippen molar-refractivity contribution in [2.45, 2.75) is 11.8 Å². The second-order valence-electron chi connectivity index (χ2n) is 6.66. The molecular formula is C20H15N3O6S. The number of ketones is 1. The number of aromatic carboxylic acids is 1. The Morgan fingerprint density at radius 3 is 2.40 bits per heavy atom. The van der Waals surface area contributed by atoms with Gasteiger partial charge in [0.15, 0.2) is 5.78 Å². The average molecular weight is 425 g/mol. The van der Waals surface area contributed by atoms with Crippen LogP contribution in [-0.2, 0) is 10.0 Å². The van der Waals surface area contributed by atoms with E-state index in [0.29, 0.717) is 16.5 Å². The second-order valence-corrected chi connectivity index (χ2v) is 8.34. The highest BCUT2D eigenvalue weighted by molar-refractivity contribution is 7.92. The summed E-state index contributed by atoms with van der Waals surface area (Å²) in [6, 6.07) is 9.89. The molecule has 0 amide bonds. The van der Waals surface area contributed by atoms with Crippen molar-refractivity contribution in [3.05, 3.63) is 70.1 Å². The average Bonchev–Trinajstić information content (AvgIpc) is 3.15. The molecule has 0 fully saturated rings. The molecule has 4 aromatic rings. The van der Waals surface area contributed by atoms with Crippen LogP contribution in [0.5, 0.6) is 0 Å². The lowest BCUT2D eigenvalue weighted by atomic mass is 10.1. The van der Waals surface area contributed by atoms with Crippen LogP contribution in [0.1, 0.15) is 27.6 Å². The van der Waals surface area contributed by atoms with E-state index in [9.17, 15) is 27.9 Å². The molecule has 0 radical (unpaired) electrons. The Kier molecular flexibility index (Phi) is 4.43. The van der Waals surface area contributed by atoms with Gasteiger partial charge >= 0.3 is 5.97 Å². The quantitative estimate of drug-likeness (QED) is 0.361. The van der Waals surface area contributed by atoms with Gasteiger partial charge in [-0.3, -0.25) is 14.3 Å². The van der Waals surface area contributed by atoms with E-state index in [2.05, 4.69) is 14.7 Å². The van der Waals surface area contributed by atoms with Crippen molar-refractivity contribution in [3.8, 4) is 0 Å². The van der Waals surface area contributed by atoms with E-state index in [1.165, 1.54) is 55.6 Å². The Bertz CT molecular complexity index is 1500. The first kappa shape index (κ1) is 19.4. The Morgan fingerprint density at radius 1 is 1.07 bits per heavy atom. The molecule has 0 bridgehead atoms. The number of carbonyl (C=O) groups excluding carboxylic acids is 1. The number of carbonyl (C=O) groups is 2. The van der Waals surface area contributed by atoms with Crippen LogP contribution >= 0.6 is 0 Å². The monoisotopic (exact) mass is 425 g/mol. The number of anilines is 1. The number of hydrogen-bond acceptors (Lipinski definition) is 5. The molecule has 30 heavy (non-hydrogen) atoms. The molecule has 2 aromatic carbocycles. The van der Waals surface area contributed by atoms with Crippen molar-refractivity contribution < 1.29 is 23.1 Å². The number of nitrogens with one attached hydrogen (secondary N) is 3. The van der Waals surface area contributed by atoms with Crippen molar-refractivity contribution >= 4 is 49.3 Å². The van der Waals surface area contributed by atoms with Crippen molar-refractivity contribution in [3.63, 3.8) is 0 Å². The normalized spacial score (nSPS) is 11.6. The maximum atomic E-state index is 12.7. The summed E-state index contributed by atoms with van der Waals surface area (Å²) in [5.41, 5.74) is 0.441. The lowest BCUT2D eigenvalue weighted by molar-refractivity contribution is 0.0699. The highest BCUT2D eigenvalue weighted by Gasteiger charge is 2.18. The minimum Gasteiger partial charge on any atom is -0.478 e. The predicted octanol–water partition coefficient (Wildman–Crippen LogP) is 2.71. The highest BCUT2D eigenvalue weighted by atomic mass is 32.2. The molecule has 10 heteroatoms. The first-order valence-electron chi connectivity index (χ1n) is 8.71. The van der Waals surface area contributed by atoms with E-state index in [1.807, 2.05) is 0 Å². The van der Waals surface area contributed by atoms with Crippen LogP contribution < -0.4 is 10.3 Å². The smallest absolute Gasteiger partial charge is 0.337 e. The predicted molar refractivity (Wildman–Crippen MR) is 111 cm³/mol. The number of aromatic nitrogens is 2. The first-order valence-corrected chi connectivity index (χ1v) is 10.2. The van der Waals surface area contributed by atoms with E-state index < -0.39 is 21.6 Å². The molecule has 152 valence electrons. The summed E-state index contributed by atoms with van der Waals surface area (Å²) in [6.07, 6.45) is 1.22. The maximum absolute atomic E-state index is 12.7. The van der Waals surface area contributed by atoms with Gasteiger partial charge in [-0.25, -0.2) is 13.2 Å². The molecule has 0 atom stereocenters. The molecule has 2 heterocycles. The lowest BCUT2D eigenvalue weighted by Gasteiger charge is -2.10. The van der Waals surface area contributed by atoms with Gasteiger partial charge in [-0.2, -0.15) is 0 Å². The van der Waals surface area contributed by atoms with Crippen molar-refractivity contribution in [2.75, 3.05) is 4.72 Å². The molecule has 0 saturated heterocycles. The van der Waals surface area contributed by atoms with Gasteiger partial charge in [0.25, 0.3) is 15.6 Å². The number of benzene rings is 2. The molecule has 0 aliphatic rings. The topological polar surface area (TPSA) is 149 Å².